The minimum atomic E-state index is -1.03. The Morgan fingerprint density at radius 3 is 2.50 bits per heavy atom. The Morgan fingerprint density at radius 2 is 1.78 bits per heavy atom. The van der Waals surface area contributed by atoms with E-state index in [0.717, 1.165) is 60.7 Å². The summed E-state index contributed by atoms with van der Waals surface area (Å²) in [7, 11) is 3.99. The van der Waals surface area contributed by atoms with Crippen molar-refractivity contribution in [2.24, 2.45) is 10.7 Å². The van der Waals surface area contributed by atoms with Crippen LogP contribution in [-0.2, 0) is 12.3 Å². The van der Waals surface area contributed by atoms with Gasteiger partial charge in [0.05, 0.1) is 6.20 Å². The lowest BCUT2D eigenvalue weighted by molar-refractivity contribution is 0.305. The smallest absolute Gasteiger partial charge is 0.202 e. The first-order valence-electron chi connectivity index (χ1n) is 12.1. The molecule has 0 aliphatic carbocycles. The number of aliphatic imine (C=N–C) groups is 1. The molecule has 0 spiro atoms. The lowest BCUT2D eigenvalue weighted by atomic mass is 9.99. The molecule has 0 radical (unpaired) electrons. The van der Waals surface area contributed by atoms with Gasteiger partial charge in [-0.1, -0.05) is 42.5 Å². The third kappa shape index (κ3) is 5.26. The summed E-state index contributed by atoms with van der Waals surface area (Å²) in [5.41, 5.74) is 7.90. The summed E-state index contributed by atoms with van der Waals surface area (Å²) < 4.78 is 6.06. The minimum absolute atomic E-state index is 0.493. The molecule has 0 amide bonds. The number of guanidine groups is 1. The molecule has 36 heavy (non-hydrogen) atoms. The third-order valence-electron chi connectivity index (χ3n) is 6.37. The van der Waals surface area contributed by atoms with Gasteiger partial charge in [-0.2, -0.15) is 0 Å². The monoisotopic (exact) mass is 484 g/mol. The molecule has 5 rings (SSSR count). The molecule has 2 aliphatic heterocycles. The predicted molar refractivity (Wildman–Crippen MR) is 141 cm³/mol. The Balaban J connectivity index is 1.35. The van der Waals surface area contributed by atoms with Gasteiger partial charge >= 0.3 is 0 Å². The highest BCUT2D eigenvalue weighted by atomic mass is 16.5. The first-order chi connectivity index (χ1) is 17.5. The molecule has 1 fully saturated rings. The van der Waals surface area contributed by atoms with E-state index in [9.17, 15) is 0 Å². The maximum Gasteiger partial charge on any atom is 0.202 e. The number of hydrogen-bond acceptors (Lipinski definition) is 9. The number of aromatic nitrogens is 2. The lowest BCUT2D eigenvalue weighted by Crippen LogP contribution is -2.56. The molecule has 1 aromatic heterocycles. The van der Waals surface area contributed by atoms with Crippen LogP contribution in [0, 0.1) is 0 Å². The normalized spacial score (nSPS) is 19.8. The summed E-state index contributed by atoms with van der Waals surface area (Å²) in [5, 5.41) is 3.47. The minimum Gasteiger partial charge on any atom is -0.489 e. The summed E-state index contributed by atoms with van der Waals surface area (Å²) in [5.74, 6) is 3.31. The quantitative estimate of drug-likeness (QED) is 0.551. The summed E-state index contributed by atoms with van der Waals surface area (Å²) in [6.45, 7) is 3.72. The maximum absolute atomic E-state index is 6.96. The average molecular weight is 485 g/mol. The zero-order valence-corrected chi connectivity index (χ0v) is 20.7. The fourth-order valence-electron chi connectivity index (χ4n) is 4.31. The highest BCUT2D eigenvalue weighted by Gasteiger charge is 2.33. The molecule has 9 nitrogen and oxygen atoms in total. The van der Waals surface area contributed by atoms with Crippen LogP contribution in [0.3, 0.4) is 0 Å². The van der Waals surface area contributed by atoms with Crippen molar-refractivity contribution in [3.05, 3.63) is 96.2 Å². The topological polar surface area (TPSA) is 95.1 Å². The molecule has 2 aromatic carbocycles. The summed E-state index contributed by atoms with van der Waals surface area (Å²) >= 11 is 0. The third-order valence-corrected chi connectivity index (χ3v) is 6.37. The Morgan fingerprint density at radius 1 is 1.00 bits per heavy atom. The number of nitrogens with one attached hydrogen (secondary N) is 1. The van der Waals surface area contributed by atoms with Crippen LogP contribution in [0.4, 0.5) is 5.82 Å². The molecule has 1 unspecified atom stereocenters. The van der Waals surface area contributed by atoms with Crippen molar-refractivity contribution < 1.29 is 4.74 Å². The van der Waals surface area contributed by atoms with Crippen molar-refractivity contribution in [2.45, 2.75) is 12.3 Å². The Hall–Kier alpha value is -4.11. The SMILES string of the molecule is CN(C)C1=CC(N)(c2cccc(OCc3ccccc3)c2)N=C(N2CCN(c3cnccn3)CC2)N1. The molecule has 3 heterocycles. The van der Waals surface area contributed by atoms with Crippen LogP contribution in [0.1, 0.15) is 11.1 Å². The van der Waals surface area contributed by atoms with Crippen LogP contribution >= 0.6 is 0 Å². The second-order valence-corrected chi connectivity index (χ2v) is 9.15. The van der Waals surface area contributed by atoms with Crippen molar-refractivity contribution in [1.82, 2.24) is 25.1 Å². The largest absolute Gasteiger partial charge is 0.489 e. The Bertz CT molecular complexity index is 1220. The molecule has 3 aromatic rings. The van der Waals surface area contributed by atoms with E-state index in [1.54, 1.807) is 18.6 Å². The zero-order valence-electron chi connectivity index (χ0n) is 20.7. The molecule has 0 saturated carbocycles. The maximum atomic E-state index is 6.96. The Labute approximate surface area is 211 Å². The van der Waals surface area contributed by atoms with E-state index < -0.39 is 5.66 Å². The molecule has 2 aliphatic rings. The first kappa shape index (κ1) is 23.6. The van der Waals surface area contributed by atoms with Crippen molar-refractivity contribution in [3.8, 4) is 5.75 Å². The van der Waals surface area contributed by atoms with Gasteiger partial charge in [0.2, 0.25) is 5.96 Å². The zero-order chi connectivity index (χ0) is 25.0. The van der Waals surface area contributed by atoms with E-state index in [0.29, 0.717) is 6.61 Å². The fourth-order valence-corrected chi connectivity index (χ4v) is 4.31. The number of ether oxygens (including phenoxy) is 1. The van der Waals surface area contributed by atoms with Gasteiger partial charge in [-0.3, -0.25) is 10.7 Å². The van der Waals surface area contributed by atoms with Crippen LogP contribution in [-0.4, -0.2) is 66.0 Å². The van der Waals surface area contributed by atoms with E-state index in [2.05, 4.69) is 25.1 Å². The van der Waals surface area contributed by atoms with Gasteiger partial charge in [0, 0.05) is 64.3 Å². The number of hydrogen-bond donors (Lipinski definition) is 2. The van der Waals surface area contributed by atoms with Crippen LogP contribution < -0.4 is 20.7 Å². The van der Waals surface area contributed by atoms with Crippen LogP contribution in [0.15, 0.2) is 90.1 Å². The molecular weight excluding hydrogens is 452 g/mol. The number of piperazine rings is 1. The van der Waals surface area contributed by atoms with Crippen LogP contribution in [0.2, 0.25) is 0 Å². The molecule has 9 heteroatoms. The molecule has 1 saturated heterocycles. The fraction of sp³-hybridized carbons (Fsp3) is 0.296. The summed E-state index contributed by atoms with van der Waals surface area (Å²) in [6.07, 6.45) is 7.18. The van der Waals surface area contributed by atoms with Crippen molar-refractivity contribution >= 4 is 11.8 Å². The molecule has 1 atom stereocenters. The van der Waals surface area contributed by atoms with Crippen LogP contribution in [0.5, 0.6) is 5.75 Å². The lowest BCUT2D eigenvalue weighted by Gasteiger charge is -2.40. The van der Waals surface area contributed by atoms with Gasteiger partial charge in [0.15, 0.2) is 5.66 Å². The van der Waals surface area contributed by atoms with Crippen molar-refractivity contribution in [2.75, 3.05) is 45.2 Å². The number of rotatable bonds is 6. The summed E-state index contributed by atoms with van der Waals surface area (Å²) in [6, 6.07) is 18.0. The second-order valence-electron chi connectivity index (χ2n) is 9.15. The van der Waals surface area contributed by atoms with E-state index in [4.69, 9.17) is 15.5 Å². The van der Waals surface area contributed by atoms with E-state index in [1.165, 1.54) is 0 Å². The van der Waals surface area contributed by atoms with Crippen molar-refractivity contribution in [3.63, 3.8) is 0 Å². The van der Waals surface area contributed by atoms with Crippen molar-refractivity contribution in [1.29, 1.82) is 0 Å². The number of nitrogens with zero attached hydrogens (tertiary/aromatic N) is 6. The summed E-state index contributed by atoms with van der Waals surface area (Å²) in [4.78, 5) is 20.1. The second kappa shape index (κ2) is 10.2. The number of benzene rings is 2. The molecular formula is C27H32N8O. The first-order valence-corrected chi connectivity index (χ1v) is 12.1. The standard InChI is InChI=1S/C27H32N8O/c1-33(2)24-18-27(28,22-9-6-10-23(17-22)36-20-21-7-4-3-5-8-21)32-26(31-24)35-15-13-34(14-16-35)25-19-29-11-12-30-25/h3-12,17-19H,13-16,20,28H2,1-2H3,(H,31,32). The van der Waals surface area contributed by atoms with Gasteiger partial charge in [-0.25, -0.2) is 9.98 Å². The number of nitrogens with two attached hydrogens (primary N) is 1. The van der Waals surface area contributed by atoms with Gasteiger partial charge < -0.3 is 24.8 Å². The van der Waals surface area contributed by atoms with E-state index >= 15 is 0 Å². The molecule has 3 N–H and O–H groups in total. The van der Waals surface area contributed by atoms with Gasteiger partial charge in [0.25, 0.3) is 0 Å². The van der Waals surface area contributed by atoms with E-state index in [-0.39, 0.29) is 0 Å². The Kier molecular flexibility index (Phi) is 6.73. The van der Waals surface area contributed by atoms with Gasteiger partial charge in [-0.15, -0.1) is 0 Å². The molecule has 0 bridgehead atoms. The van der Waals surface area contributed by atoms with Gasteiger partial charge in [-0.05, 0) is 17.7 Å². The van der Waals surface area contributed by atoms with E-state index in [1.807, 2.05) is 79.7 Å². The highest BCUT2D eigenvalue weighted by Crippen LogP contribution is 2.29. The molecule has 186 valence electrons. The predicted octanol–water partition coefficient (Wildman–Crippen LogP) is 2.35. The average Bonchev–Trinajstić information content (AvgIpc) is 2.93. The van der Waals surface area contributed by atoms with Crippen LogP contribution in [0.25, 0.3) is 0 Å². The highest BCUT2D eigenvalue weighted by molar-refractivity contribution is 5.83. The van der Waals surface area contributed by atoms with Gasteiger partial charge in [0.1, 0.15) is 24.0 Å². The number of anilines is 1.